The molecule has 0 bridgehead atoms. The molecule has 0 radical (unpaired) electrons. The third-order valence-corrected chi connectivity index (χ3v) is 19.5. The lowest BCUT2D eigenvalue weighted by atomic mass is 10.0. The van der Waals surface area contributed by atoms with Gasteiger partial charge in [0.15, 0.2) is 0 Å². The predicted octanol–water partition coefficient (Wildman–Crippen LogP) is 16.9. The second-order valence-electron chi connectivity index (χ2n) is 17.2. The number of furan rings is 1. The molecule has 68 heavy (non-hydrogen) atoms. The van der Waals surface area contributed by atoms with Crippen LogP contribution in [0.5, 0.6) is 0 Å². The van der Waals surface area contributed by atoms with Crippen LogP contribution in [0.3, 0.4) is 0 Å². The summed E-state index contributed by atoms with van der Waals surface area (Å²) < 4.78 is 16.2. The lowest BCUT2D eigenvalue weighted by Gasteiger charge is -2.42. The van der Waals surface area contributed by atoms with E-state index < -0.39 is 10.2 Å². The topological polar surface area (TPSA) is 61.2 Å². The highest BCUT2D eigenvalue weighted by atomic mass is 32.3. The average molecular weight is 926 g/mol. The Morgan fingerprint density at radius 1 is 0.441 bits per heavy atom. The summed E-state index contributed by atoms with van der Waals surface area (Å²) in [5.41, 5.74) is 9.95. The Bertz CT molecular complexity index is 4480. The highest BCUT2D eigenvalue weighted by Gasteiger charge is 2.40. The van der Waals surface area contributed by atoms with E-state index in [-0.39, 0.29) is 0 Å². The minimum Gasteiger partial charge on any atom is -0.438 e. The number of thiophene rings is 2. The van der Waals surface area contributed by atoms with Gasteiger partial charge in [0.25, 0.3) is 0 Å². The van der Waals surface area contributed by atoms with E-state index in [4.69, 9.17) is 14.4 Å². The minimum absolute atomic E-state index is 0.636. The number of rotatable bonds is 6. The summed E-state index contributed by atoms with van der Waals surface area (Å²) in [7, 11) is -2.52. The highest BCUT2D eigenvalue weighted by molar-refractivity contribution is 8.33. The second-order valence-corrected chi connectivity index (χ2v) is 22.2. The predicted molar refractivity (Wildman–Crippen MR) is 285 cm³/mol. The van der Waals surface area contributed by atoms with Crippen molar-refractivity contribution in [3.8, 4) is 22.3 Å². The Labute approximate surface area is 398 Å². The Morgan fingerprint density at radius 3 is 1.96 bits per heavy atom. The van der Waals surface area contributed by atoms with E-state index >= 15 is 0 Å². The van der Waals surface area contributed by atoms with Crippen LogP contribution < -0.4 is 0 Å². The van der Waals surface area contributed by atoms with Crippen molar-refractivity contribution in [2.45, 2.75) is 14.8 Å². The lowest BCUT2D eigenvalue weighted by molar-refractivity contribution is 0.654. The molecule has 0 saturated heterocycles. The summed E-state index contributed by atoms with van der Waals surface area (Å²) in [6.45, 7) is 0. The molecule has 0 aliphatic carbocycles. The molecule has 0 amide bonds. The van der Waals surface area contributed by atoms with Gasteiger partial charge < -0.3 is 4.42 Å². The van der Waals surface area contributed by atoms with Crippen molar-refractivity contribution >= 4 is 123 Å². The van der Waals surface area contributed by atoms with Gasteiger partial charge in [0.1, 0.15) is 10.6 Å². The van der Waals surface area contributed by atoms with Crippen LogP contribution in [0.25, 0.3) is 113 Å². The molecule has 0 saturated carbocycles. The maximum Gasteiger partial charge on any atom is 0.227 e. The van der Waals surface area contributed by atoms with Crippen LogP contribution in [0.4, 0.5) is 0 Å². The summed E-state index contributed by atoms with van der Waals surface area (Å²) in [5, 5.41) is 7.99. The van der Waals surface area contributed by atoms with E-state index in [0.29, 0.717) is 5.71 Å². The number of hydrogen-bond acceptors (Lipinski definition) is 6. The van der Waals surface area contributed by atoms with Crippen LogP contribution >= 0.6 is 32.9 Å². The normalized spacial score (nSPS) is 12.6. The number of aromatic nitrogens is 5. The fraction of sp³-hybridized carbons (Fsp3) is 0. The van der Waals surface area contributed by atoms with E-state index in [1.807, 2.05) is 34.9 Å². The van der Waals surface area contributed by atoms with Gasteiger partial charge in [-0.2, -0.15) is 0 Å². The monoisotopic (exact) mass is 925 g/mol. The van der Waals surface area contributed by atoms with Crippen molar-refractivity contribution in [3.05, 3.63) is 213 Å². The van der Waals surface area contributed by atoms with Crippen LogP contribution in [-0.4, -0.2) is 23.3 Å². The molecule has 0 N–H and O–H groups in total. The van der Waals surface area contributed by atoms with Crippen molar-refractivity contribution in [2.24, 2.45) is 0 Å². The van der Waals surface area contributed by atoms with Gasteiger partial charge in [-0.1, -0.05) is 113 Å². The summed E-state index contributed by atoms with van der Waals surface area (Å²) in [6.07, 6.45) is 3.79. The van der Waals surface area contributed by atoms with Crippen molar-refractivity contribution in [2.75, 3.05) is 0 Å². The Kier molecular flexibility index (Phi) is 8.09. The second kappa shape index (κ2) is 14.5. The van der Waals surface area contributed by atoms with Crippen LogP contribution in [0, 0.1) is 0 Å². The zero-order valence-corrected chi connectivity index (χ0v) is 38.5. The van der Waals surface area contributed by atoms with Crippen LogP contribution in [-0.2, 0) is 0 Å². The van der Waals surface area contributed by atoms with Crippen molar-refractivity contribution in [3.63, 3.8) is 0 Å². The largest absolute Gasteiger partial charge is 0.438 e. The third-order valence-electron chi connectivity index (χ3n) is 13.5. The van der Waals surface area contributed by atoms with E-state index in [0.717, 1.165) is 75.7 Å². The van der Waals surface area contributed by atoms with Gasteiger partial charge in [-0.05, 0) is 114 Å². The molecule has 6 nitrogen and oxygen atoms in total. The van der Waals surface area contributed by atoms with Gasteiger partial charge >= 0.3 is 0 Å². The number of fused-ring (bicyclic) bond motifs is 14. The van der Waals surface area contributed by atoms with Gasteiger partial charge in [-0.25, -0.2) is 15.0 Å². The molecular formula is C59H35N5OS3. The molecule has 0 aliphatic heterocycles. The first kappa shape index (κ1) is 38.1. The van der Waals surface area contributed by atoms with Crippen LogP contribution in [0.1, 0.15) is 0 Å². The van der Waals surface area contributed by atoms with E-state index in [9.17, 15) is 0 Å². The molecule has 0 spiro atoms. The molecule has 0 atom stereocenters. The molecule has 9 heteroatoms. The maximum atomic E-state index is 6.19. The van der Waals surface area contributed by atoms with Crippen molar-refractivity contribution < 1.29 is 4.42 Å². The molecular weight excluding hydrogens is 891 g/mol. The Balaban J connectivity index is 1.11. The number of para-hydroxylation sites is 1. The highest BCUT2D eigenvalue weighted by Crippen LogP contribution is 2.72. The van der Waals surface area contributed by atoms with Crippen LogP contribution in [0.15, 0.2) is 232 Å². The van der Waals surface area contributed by atoms with Crippen molar-refractivity contribution in [1.82, 2.24) is 23.3 Å². The third kappa shape index (κ3) is 5.31. The van der Waals surface area contributed by atoms with Crippen molar-refractivity contribution in [1.29, 1.82) is 0 Å². The standard InChI is InChI=1S/C59H35N5OS3/c1-3-13-39(14-4-1)68(40-15-5-2-6-16-40,58-55-44-18-8-10-23-52(44)67-54(55)30-32-61-58)64-49-35-37(36-26-29-53-46(33-36)42-17-7-9-22-51(42)66-53)24-27-47(49)63-48-21-11-19-41(56(48)62-59(63)64)38-25-28-50-45(34-38)43-20-12-31-60-57(43)65-50/h1-35H. The first-order valence-electron chi connectivity index (χ1n) is 22.6. The van der Waals surface area contributed by atoms with E-state index in [1.165, 1.54) is 45.9 Å². The summed E-state index contributed by atoms with van der Waals surface area (Å²) in [4.78, 5) is 18.3. The number of hydrogen-bond donors (Lipinski definition) is 0. The Morgan fingerprint density at radius 2 is 1.12 bits per heavy atom. The molecule has 320 valence electrons. The smallest absolute Gasteiger partial charge is 0.227 e. The fourth-order valence-electron chi connectivity index (χ4n) is 10.6. The Hall–Kier alpha value is -8.08. The fourth-order valence-corrected chi connectivity index (χ4v) is 16.8. The lowest BCUT2D eigenvalue weighted by Crippen LogP contribution is -2.15. The zero-order chi connectivity index (χ0) is 44.5. The number of nitrogens with zero attached hydrogens (tertiary/aromatic N) is 5. The summed E-state index contributed by atoms with van der Waals surface area (Å²) in [6, 6.07) is 72.8. The molecule has 0 aliphatic rings. The van der Waals surface area contributed by atoms with Gasteiger partial charge in [0, 0.05) is 78.9 Å². The SMILES string of the molecule is c1ccc(S(c2ccccc2)(c2nccc3sc4ccccc4c23)n2c3cc(-c4ccc5sc6ccccc6c5c4)ccc3n3c4cccc(-c5ccc6oc7ncccc7c6c5)c4nc23)cc1. The minimum atomic E-state index is -2.52. The quantitative estimate of drug-likeness (QED) is 0.167. The van der Waals surface area contributed by atoms with Gasteiger partial charge in [-0.3, -0.25) is 8.37 Å². The summed E-state index contributed by atoms with van der Waals surface area (Å²) in [5.74, 6) is 0.846. The van der Waals surface area contributed by atoms with Gasteiger partial charge in [0.2, 0.25) is 11.5 Å². The number of benzene rings is 8. The average Bonchev–Trinajstić information content (AvgIpc) is 4.22. The summed E-state index contributed by atoms with van der Waals surface area (Å²) >= 11 is 3.68. The molecule has 0 unspecified atom stereocenters. The first-order chi connectivity index (χ1) is 33.7. The molecule has 15 aromatic rings. The molecule has 7 aromatic heterocycles. The zero-order valence-electron chi connectivity index (χ0n) is 36.1. The maximum absolute atomic E-state index is 6.19. The molecule has 8 aromatic carbocycles. The van der Waals surface area contributed by atoms with E-state index in [2.05, 4.69) is 207 Å². The van der Waals surface area contributed by atoms with Gasteiger partial charge in [-0.15, -0.1) is 22.7 Å². The molecule has 7 heterocycles. The van der Waals surface area contributed by atoms with E-state index in [1.54, 1.807) is 6.20 Å². The van der Waals surface area contributed by atoms with Gasteiger partial charge in [0.05, 0.1) is 22.1 Å². The first-order valence-corrected chi connectivity index (χ1v) is 25.8. The molecule has 0 fully saturated rings. The number of imidazole rings is 2. The van der Waals surface area contributed by atoms with Crippen LogP contribution in [0.2, 0.25) is 0 Å². The molecule has 15 rings (SSSR count). The number of pyridine rings is 2.